The number of carbonyl (C=O) groups excluding carboxylic acids is 1. The summed E-state index contributed by atoms with van der Waals surface area (Å²) in [5.41, 5.74) is 3.42. The molecule has 0 bridgehead atoms. The maximum atomic E-state index is 11.8. The summed E-state index contributed by atoms with van der Waals surface area (Å²) < 4.78 is 6.09. The van der Waals surface area contributed by atoms with Crippen LogP contribution in [-0.4, -0.2) is 29.3 Å². The van der Waals surface area contributed by atoms with Crippen LogP contribution >= 0.6 is 31.9 Å². The molecule has 1 aromatic carbocycles. The summed E-state index contributed by atoms with van der Waals surface area (Å²) >= 11 is 6.58. The van der Waals surface area contributed by atoms with Crippen LogP contribution in [0.3, 0.4) is 0 Å². The molecule has 0 saturated carbocycles. The molecule has 1 aromatic heterocycles. The van der Waals surface area contributed by atoms with Gasteiger partial charge in [-0.2, -0.15) is 5.10 Å². The van der Waals surface area contributed by atoms with Crippen LogP contribution in [0.4, 0.5) is 0 Å². The van der Waals surface area contributed by atoms with Crippen LogP contribution in [-0.2, 0) is 0 Å². The first-order chi connectivity index (χ1) is 10.5. The van der Waals surface area contributed by atoms with E-state index in [0.717, 1.165) is 0 Å². The highest BCUT2D eigenvalue weighted by Crippen LogP contribution is 2.41. The van der Waals surface area contributed by atoms with Crippen LogP contribution in [0.25, 0.3) is 0 Å². The van der Waals surface area contributed by atoms with Gasteiger partial charge in [-0.15, -0.1) is 0 Å². The minimum Gasteiger partial charge on any atom is -0.503 e. The molecule has 1 heterocycles. The SMILES string of the molecule is COc1cc(/C=N/NC(=O)c2cccnc2)c(Br)c(Br)c1O. The molecule has 2 rings (SSSR count). The Balaban J connectivity index is 2.17. The van der Waals surface area contributed by atoms with Gasteiger partial charge < -0.3 is 9.84 Å². The second-order valence-corrected chi connectivity index (χ2v) is 5.67. The summed E-state index contributed by atoms with van der Waals surface area (Å²) in [7, 11) is 1.44. The highest BCUT2D eigenvalue weighted by atomic mass is 79.9. The first-order valence-corrected chi connectivity index (χ1v) is 7.61. The zero-order chi connectivity index (χ0) is 16.1. The monoisotopic (exact) mass is 427 g/mol. The fourth-order valence-electron chi connectivity index (χ4n) is 1.58. The van der Waals surface area contributed by atoms with E-state index in [1.165, 1.54) is 19.5 Å². The van der Waals surface area contributed by atoms with Crippen molar-refractivity contribution in [2.24, 2.45) is 5.10 Å². The Labute approximate surface area is 143 Å². The first kappa shape index (κ1) is 16.4. The summed E-state index contributed by atoms with van der Waals surface area (Å²) in [6, 6.07) is 4.88. The fraction of sp³-hybridized carbons (Fsp3) is 0.0714. The van der Waals surface area contributed by atoms with Crippen molar-refractivity contribution in [1.82, 2.24) is 10.4 Å². The number of nitrogens with zero attached hydrogens (tertiary/aromatic N) is 2. The standard InChI is InChI=1S/C14H11Br2N3O3/c1-22-10-5-9(11(15)12(16)13(10)20)7-18-19-14(21)8-3-2-4-17-6-8/h2-7,20H,1H3,(H,19,21)/b18-7+. The van der Waals surface area contributed by atoms with E-state index in [2.05, 4.69) is 47.4 Å². The average molecular weight is 429 g/mol. The molecule has 114 valence electrons. The van der Waals surface area contributed by atoms with Crippen LogP contribution in [0.2, 0.25) is 0 Å². The fourth-order valence-corrected chi connectivity index (χ4v) is 2.41. The molecular weight excluding hydrogens is 418 g/mol. The van der Waals surface area contributed by atoms with Gasteiger partial charge in [-0.3, -0.25) is 9.78 Å². The van der Waals surface area contributed by atoms with Gasteiger partial charge in [0.25, 0.3) is 5.91 Å². The number of phenolic OH excluding ortho intramolecular Hbond substituents is 1. The molecule has 2 N–H and O–H groups in total. The van der Waals surface area contributed by atoms with Gasteiger partial charge in [0, 0.05) is 22.4 Å². The van der Waals surface area contributed by atoms with Crippen molar-refractivity contribution < 1.29 is 14.6 Å². The van der Waals surface area contributed by atoms with Crippen LogP contribution < -0.4 is 10.2 Å². The number of hydrogen-bond acceptors (Lipinski definition) is 5. The van der Waals surface area contributed by atoms with Crippen molar-refractivity contribution >= 4 is 44.0 Å². The Hall–Kier alpha value is -1.93. The number of rotatable bonds is 4. The highest BCUT2D eigenvalue weighted by Gasteiger charge is 2.13. The van der Waals surface area contributed by atoms with E-state index in [0.29, 0.717) is 20.1 Å². The zero-order valence-corrected chi connectivity index (χ0v) is 14.6. The van der Waals surface area contributed by atoms with Gasteiger partial charge in [-0.25, -0.2) is 5.43 Å². The van der Waals surface area contributed by atoms with E-state index < -0.39 is 0 Å². The van der Waals surface area contributed by atoms with E-state index in [9.17, 15) is 9.90 Å². The smallest absolute Gasteiger partial charge is 0.272 e. The van der Waals surface area contributed by atoms with Crippen molar-refractivity contribution in [2.75, 3.05) is 7.11 Å². The Morgan fingerprint density at radius 3 is 2.86 bits per heavy atom. The number of halogens is 2. The number of hydrazone groups is 1. The minimum atomic E-state index is -0.370. The number of aromatic nitrogens is 1. The van der Waals surface area contributed by atoms with Crippen molar-refractivity contribution in [1.29, 1.82) is 0 Å². The number of hydrogen-bond donors (Lipinski definition) is 2. The number of phenols is 1. The van der Waals surface area contributed by atoms with Gasteiger partial charge in [-0.1, -0.05) is 0 Å². The molecule has 22 heavy (non-hydrogen) atoms. The van der Waals surface area contributed by atoms with Crippen LogP contribution in [0.5, 0.6) is 11.5 Å². The molecule has 0 fully saturated rings. The Kier molecular flexibility index (Phi) is 5.51. The molecule has 8 heteroatoms. The van der Waals surface area contributed by atoms with Gasteiger partial charge in [-0.05, 0) is 50.1 Å². The Morgan fingerprint density at radius 2 is 2.23 bits per heavy atom. The lowest BCUT2D eigenvalue weighted by atomic mass is 10.2. The lowest BCUT2D eigenvalue weighted by Gasteiger charge is -2.09. The van der Waals surface area contributed by atoms with E-state index in [-0.39, 0.29) is 17.4 Å². The third kappa shape index (κ3) is 3.63. The first-order valence-electron chi connectivity index (χ1n) is 6.03. The van der Waals surface area contributed by atoms with Crippen LogP contribution in [0, 0.1) is 0 Å². The van der Waals surface area contributed by atoms with Crippen LogP contribution in [0.1, 0.15) is 15.9 Å². The molecule has 0 spiro atoms. The molecule has 0 atom stereocenters. The number of benzene rings is 1. The lowest BCUT2D eigenvalue weighted by molar-refractivity contribution is 0.0955. The third-order valence-electron chi connectivity index (χ3n) is 2.69. The molecule has 0 aliphatic carbocycles. The summed E-state index contributed by atoms with van der Waals surface area (Å²) in [5.74, 6) is -0.105. The van der Waals surface area contributed by atoms with Gasteiger partial charge in [0.15, 0.2) is 11.5 Å². The molecular formula is C14H11Br2N3O3. The highest BCUT2D eigenvalue weighted by molar-refractivity contribution is 9.13. The van der Waals surface area contributed by atoms with Gasteiger partial charge in [0.1, 0.15) is 0 Å². The van der Waals surface area contributed by atoms with E-state index in [1.807, 2.05) is 0 Å². The summed E-state index contributed by atoms with van der Waals surface area (Å²) in [5, 5.41) is 13.7. The number of methoxy groups -OCH3 is 1. The second kappa shape index (κ2) is 7.37. The van der Waals surface area contributed by atoms with Crippen LogP contribution in [0.15, 0.2) is 44.6 Å². The number of nitrogens with one attached hydrogen (secondary N) is 1. The number of aromatic hydroxyl groups is 1. The quantitative estimate of drug-likeness (QED) is 0.578. The molecule has 2 aromatic rings. The summed E-state index contributed by atoms with van der Waals surface area (Å²) in [4.78, 5) is 15.7. The average Bonchev–Trinajstić information content (AvgIpc) is 2.55. The molecule has 0 saturated heterocycles. The van der Waals surface area contributed by atoms with E-state index in [4.69, 9.17) is 4.74 Å². The number of ether oxygens (including phenoxy) is 1. The molecule has 0 aliphatic rings. The topological polar surface area (TPSA) is 83.8 Å². The third-order valence-corrected chi connectivity index (χ3v) is 4.85. The molecule has 0 unspecified atom stereocenters. The normalized spacial score (nSPS) is 10.7. The predicted molar refractivity (Wildman–Crippen MR) is 89.4 cm³/mol. The maximum Gasteiger partial charge on any atom is 0.272 e. The number of pyridine rings is 1. The number of carbonyl (C=O) groups is 1. The maximum absolute atomic E-state index is 11.8. The minimum absolute atomic E-state index is 0.0223. The van der Waals surface area contributed by atoms with E-state index >= 15 is 0 Å². The van der Waals surface area contributed by atoms with Crippen molar-refractivity contribution in [3.8, 4) is 11.5 Å². The lowest BCUT2D eigenvalue weighted by Crippen LogP contribution is -2.17. The Morgan fingerprint density at radius 1 is 1.45 bits per heavy atom. The Bertz CT molecular complexity index is 721. The van der Waals surface area contributed by atoms with Gasteiger partial charge >= 0.3 is 0 Å². The molecule has 0 radical (unpaired) electrons. The largest absolute Gasteiger partial charge is 0.503 e. The predicted octanol–water partition coefficient (Wildman–Crippen LogP) is 3.08. The second-order valence-electron chi connectivity index (χ2n) is 4.09. The van der Waals surface area contributed by atoms with Crippen molar-refractivity contribution in [3.05, 3.63) is 50.7 Å². The summed E-state index contributed by atoms with van der Waals surface area (Å²) in [6.07, 6.45) is 4.46. The summed E-state index contributed by atoms with van der Waals surface area (Å²) in [6.45, 7) is 0. The molecule has 6 nitrogen and oxygen atoms in total. The van der Waals surface area contributed by atoms with Crippen molar-refractivity contribution in [2.45, 2.75) is 0 Å². The molecule has 0 aliphatic heterocycles. The van der Waals surface area contributed by atoms with Crippen molar-refractivity contribution in [3.63, 3.8) is 0 Å². The van der Waals surface area contributed by atoms with E-state index in [1.54, 1.807) is 24.4 Å². The number of amides is 1. The van der Waals surface area contributed by atoms with Gasteiger partial charge in [0.2, 0.25) is 0 Å². The van der Waals surface area contributed by atoms with Gasteiger partial charge in [0.05, 0.1) is 23.4 Å². The molecule has 1 amide bonds. The zero-order valence-electron chi connectivity index (χ0n) is 11.4.